The molecule has 8 aromatic rings. The fraction of sp³-hybridized carbons (Fsp3) is 0.419. The molecule has 4 saturated heterocycles. The molecule has 0 radical (unpaired) electrons. The molecule has 0 bridgehead atoms. The van der Waals surface area contributed by atoms with Crippen molar-refractivity contribution in [2.75, 3.05) is 116 Å². The predicted octanol–water partition coefficient (Wildman–Crippen LogP) is 16.9. The second kappa shape index (κ2) is 39.4. The normalized spacial score (nSPS) is 17.9. The van der Waals surface area contributed by atoms with Crippen LogP contribution in [0.4, 0.5) is 53.6 Å². The largest absolute Gasteiger partial charge is 0.363 e. The van der Waals surface area contributed by atoms with Crippen LogP contribution < -0.4 is 31.9 Å². The average molecular weight is 1670 g/mol. The summed E-state index contributed by atoms with van der Waals surface area (Å²) in [5.41, 5.74) is 18.9. The number of likely N-dealkylation sites (N-methyl/N-ethyl adjacent to an activating group) is 6. The maximum atomic E-state index is 12.8. The molecule has 10 N–H and O–H groups in total. The number of anilines is 4. The van der Waals surface area contributed by atoms with Crippen LogP contribution in [0.5, 0.6) is 0 Å². The van der Waals surface area contributed by atoms with E-state index in [4.69, 9.17) is 13.1 Å². The zero-order chi connectivity index (χ0) is 87.2. The fourth-order valence-corrected chi connectivity index (χ4v) is 17.2. The molecule has 8 heterocycles. The van der Waals surface area contributed by atoms with Crippen LogP contribution in [0.1, 0.15) is 239 Å². The van der Waals surface area contributed by atoms with Crippen LogP contribution in [0, 0.1) is 32.4 Å². The first kappa shape index (κ1) is 87.4. The number of nitrogens with zero attached hydrogens (tertiary/aromatic N) is 12. The maximum Gasteiger partial charge on any atom is 0.319 e. The lowest BCUT2D eigenvalue weighted by Gasteiger charge is -2.37. The van der Waals surface area contributed by atoms with Crippen LogP contribution in [0.25, 0.3) is 32.0 Å². The summed E-state index contributed by atoms with van der Waals surface area (Å²) in [5, 5.41) is 17.7. The lowest BCUT2D eigenvalue weighted by atomic mass is 9.76. The van der Waals surface area contributed by atoms with Crippen LogP contribution in [0.2, 0.25) is 0 Å². The molecule has 4 aromatic heterocycles. The van der Waals surface area contributed by atoms with Crippen molar-refractivity contribution in [3.8, 4) is 0 Å². The third kappa shape index (κ3) is 21.9. The highest BCUT2D eigenvalue weighted by atomic mass is 16.2. The van der Waals surface area contributed by atoms with E-state index in [0.717, 1.165) is 150 Å². The van der Waals surface area contributed by atoms with Crippen LogP contribution in [0.3, 0.4) is 0 Å². The van der Waals surface area contributed by atoms with E-state index in [9.17, 15) is 38.4 Å². The van der Waals surface area contributed by atoms with Gasteiger partial charge in [-0.15, -0.1) is 0 Å². The smallest absolute Gasteiger partial charge is 0.319 e. The Labute approximate surface area is 718 Å². The van der Waals surface area contributed by atoms with E-state index in [-0.39, 0.29) is 100 Å². The number of aromatic nitrogens is 8. The van der Waals surface area contributed by atoms with E-state index in [1.54, 1.807) is 41.8 Å². The fourth-order valence-electron chi connectivity index (χ4n) is 17.2. The highest BCUT2D eigenvalue weighted by molar-refractivity contribution is 6.06. The highest BCUT2D eigenvalue weighted by Gasteiger charge is 2.34. The van der Waals surface area contributed by atoms with Gasteiger partial charge in [0.1, 0.15) is 0 Å². The Kier molecular flexibility index (Phi) is 28.0. The Bertz CT molecular complexity index is 5460. The molecule has 123 heavy (non-hydrogen) atoms. The van der Waals surface area contributed by atoms with Crippen LogP contribution in [-0.2, 0) is 0 Å². The Hall–Kier alpha value is -13.4. The van der Waals surface area contributed by atoms with Gasteiger partial charge < -0.3 is 81.0 Å². The van der Waals surface area contributed by atoms with Gasteiger partial charge in [0.25, 0.3) is 23.5 Å². The number of carbonyl (C=O) groups is 8. The Morgan fingerprint density at radius 1 is 0.398 bits per heavy atom. The summed E-state index contributed by atoms with van der Waals surface area (Å²) in [4.78, 5) is 144. The van der Waals surface area contributed by atoms with E-state index in [0.29, 0.717) is 64.0 Å². The third-order valence-corrected chi connectivity index (χ3v) is 24.1. The minimum Gasteiger partial charge on any atom is -0.363 e. The first-order valence-electron chi connectivity index (χ1n) is 42.5. The van der Waals surface area contributed by atoms with Crippen molar-refractivity contribution in [3.05, 3.63) is 224 Å². The van der Waals surface area contributed by atoms with Crippen LogP contribution in [0.15, 0.2) is 122 Å². The monoisotopic (exact) mass is 1660 g/mol. The number of H-pyrrole nitrogens is 4. The van der Waals surface area contributed by atoms with Gasteiger partial charge in [0.2, 0.25) is 11.6 Å². The lowest BCUT2D eigenvalue weighted by molar-refractivity contribution is 0.101. The molecule has 4 aliphatic carbocycles. The number of allylic oxidation sites excluding steroid dienone is 8. The molecule has 16 rings (SSSR count). The minimum absolute atomic E-state index is 0.0322. The number of imidazole rings is 4. The van der Waals surface area contributed by atoms with Crippen molar-refractivity contribution in [1.82, 2.24) is 79.9 Å². The molecular weight excluding hydrogens is 1550 g/mol. The second-order valence-corrected chi connectivity index (χ2v) is 34.2. The molecule has 642 valence electrons. The van der Waals surface area contributed by atoms with Gasteiger partial charge in [0.15, 0.2) is 11.6 Å². The van der Waals surface area contributed by atoms with Gasteiger partial charge in [0, 0.05) is 187 Å². The van der Waals surface area contributed by atoms with E-state index in [1.807, 2.05) is 98.6 Å². The van der Waals surface area contributed by atoms with Gasteiger partial charge in [-0.1, -0.05) is 82.0 Å². The van der Waals surface area contributed by atoms with Gasteiger partial charge in [-0.3, -0.25) is 29.1 Å². The number of nitrogens with one attached hydrogen (secondary N) is 10. The number of urea groups is 4. The Morgan fingerprint density at radius 3 is 0.992 bits per heavy atom. The van der Waals surface area contributed by atoms with Gasteiger partial charge in [0.05, 0.1) is 12.4 Å². The summed E-state index contributed by atoms with van der Waals surface area (Å²) in [5.74, 6) is 0.917. The standard InChI is InChI=1S/C25H30N6O2.C24H31N5O2.C23H26N6O2.C21H25N5O2/c1-25(2)10-8-16(9-11-25)19-12-17(18-14-30(4)24(33)31(5)15-18)6-7-20(19)28-23(32)22-27-13-21(26-3)29-22;1-16-13-25-22(26-16)23(30)27-21-11-10-18(19-14-28(2)24(31)29(3)15-19)12-20(21)17-8-6-4-5-7-9-17;1-24-20-12-25-21(27-20)22(30)26-19-10-9-16(11-18(19)15-7-5-4-6-8-15)17-13-28(2)23(31)29(3)14-17;1-13-10-22-19(25-13)20(27)26-18-8-7-15(16-11-23-21(28)24-12-16)9-17(18)14-5-3-2-4-6-14/h6-8,12-13,18H,9-11,14-15H2,1-2,4-5H3,(H,27,29)(H,28,32);8,10-13,19H,4-7,9,14-15H2,1-3H3,(H,25,26)(H,27,30);7,9-12,17H,4-6,8,13-14H2,2-3H3,(H,25,27)(H,26,30);5,7-10,16H,2-4,6,11-12H2,1H3,(H,22,25)(H,26,27)(H2,23,24,28). The number of rotatable bonds is 16. The van der Waals surface area contributed by atoms with Crippen molar-refractivity contribution in [2.45, 2.75) is 154 Å². The number of hydrogen-bond acceptors (Lipinski definition) is 12. The van der Waals surface area contributed by atoms with E-state index in [2.05, 4.69) is 150 Å². The zero-order valence-corrected chi connectivity index (χ0v) is 72.0. The predicted molar refractivity (Wildman–Crippen MR) is 478 cm³/mol. The summed E-state index contributed by atoms with van der Waals surface area (Å²) < 4.78 is 0. The summed E-state index contributed by atoms with van der Waals surface area (Å²) in [7, 11) is 11.0. The molecular formula is C93H112N22O8. The van der Waals surface area contributed by atoms with Gasteiger partial charge in [-0.2, -0.15) is 0 Å². The van der Waals surface area contributed by atoms with Crippen molar-refractivity contribution >= 4 is 104 Å². The van der Waals surface area contributed by atoms with Crippen molar-refractivity contribution in [3.63, 3.8) is 0 Å². The summed E-state index contributed by atoms with van der Waals surface area (Å²) in [6.45, 7) is 27.7. The number of hydrogen-bond donors (Lipinski definition) is 10. The van der Waals surface area contributed by atoms with Crippen LogP contribution in [-0.4, -0.2) is 212 Å². The van der Waals surface area contributed by atoms with E-state index in [1.165, 1.54) is 65.9 Å². The molecule has 0 atom stereocenters. The second-order valence-electron chi connectivity index (χ2n) is 34.2. The number of aryl methyl sites for hydroxylation is 2. The van der Waals surface area contributed by atoms with Crippen molar-refractivity contribution in [1.29, 1.82) is 0 Å². The van der Waals surface area contributed by atoms with Gasteiger partial charge >= 0.3 is 35.9 Å². The molecule has 4 aliphatic heterocycles. The molecule has 12 amide bonds. The summed E-state index contributed by atoms with van der Waals surface area (Å²) >= 11 is 0. The van der Waals surface area contributed by atoms with E-state index < -0.39 is 0 Å². The zero-order valence-electron chi connectivity index (χ0n) is 72.0. The van der Waals surface area contributed by atoms with Crippen molar-refractivity contribution < 1.29 is 38.4 Å². The molecule has 8 aliphatic rings. The number of carbonyl (C=O) groups excluding carboxylic acids is 8. The quantitative estimate of drug-likeness (QED) is 0.0404. The number of aromatic amines is 4. The molecule has 30 nitrogen and oxygen atoms in total. The molecule has 4 fully saturated rings. The lowest BCUT2D eigenvalue weighted by Crippen LogP contribution is -2.48. The van der Waals surface area contributed by atoms with Gasteiger partial charge in [-0.05, 0) is 209 Å². The molecule has 4 aromatic carbocycles. The maximum absolute atomic E-state index is 12.8. The molecule has 0 unspecified atom stereocenters. The number of benzene rings is 4. The Morgan fingerprint density at radius 2 is 0.699 bits per heavy atom. The van der Waals surface area contributed by atoms with E-state index >= 15 is 0 Å². The number of amides is 12. The third-order valence-electron chi connectivity index (χ3n) is 24.1. The first-order valence-corrected chi connectivity index (χ1v) is 42.5. The van der Waals surface area contributed by atoms with Gasteiger partial charge in [-0.25, -0.2) is 39.1 Å². The molecule has 0 saturated carbocycles. The van der Waals surface area contributed by atoms with Crippen LogP contribution >= 0.6 is 0 Å². The summed E-state index contributed by atoms with van der Waals surface area (Å²) in [6.07, 6.45) is 32.5. The highest BCUT2D eigenvalue weighted by Crippen LogP contribution is 2.43. The SMILES string of the molecule is Cc1cnc(C(=O)Nc2ccc(C3CN(C)C(=O)N(C)C3)cc2C2=CCCCCC2)[nH]1.Cc1cnc(C(=O)Nc2ccc(C3CNC(=O)NC3)cc2C2=CCCCC2)[nH]1.[C-]#[N+]c1cnc(C(=O)Nc2ccc(C3CN(C)C(=O)N(C)C3)cc2C2=CCC(C)(C)CC2)[nH]1.[C-]#[N+]c1cnc(C(=O)Nc2ccc(C3CN(C)C(=O)N(C)C3)cc2C2=CCCCC2)[nH]1. The topological polar surface area (TPSA) is 352 Å². The Balaban J connectivity index is 0.000000141. The first-order chi connectivity index (χ1) is 59.1. The average Bonchev–Trinajstić information content (AvgIpc) is 0.947. The molecule has 0 spiro atoms. The minimum atomic E-state index is -0.377. The van der Waals surface area contributed by atoms with Crippen molar-refractivity contribution in [2.24, 2.45) is 5.41 Å². The molecule has 30 heteroatoms. The summed E-state index contributed by atoms with van der Waals surface area (Å²) in [6, 6.07) is 24.7.